The van der Waals surface area contributed by atoms with Crippen molar-refractivity contribution in [1.29, 1.82) is 0 Å². The summed E-state index contributed by atoms with van der Waals surface area (Å²) in [6.07, 6.45) is 4.96. The fourth-order valence-corrected chi connectivity index (χ4v) is 4.86. The van der Waals surface area contributed by atoms with Gasteiger partial charge in [0.05, 0.1) is 16.2 Å². The second-order valence-corrected chi connectivity index (χ2v) is 9.08. The lowest BCUT2D eigenvalue weighted by Crippen LogP contribution is -2.38. The lowest BCUT2D eigenvalue weighted by atomic mass is 9.94. The number of rotatable bonds is 4. The maximum Gasteiger partial charge on any atom is 0.298 e. The van der Waals surface area contributed by atoms with Gasteiger partial charge in [0.2, 0.25) is 5.95 Å². The third kappa shape index (κ3) is 4.84. The van der Waals surface area contributed by atoms with Crippen molar-refractivity contribution in [3.63, 3.8) is 0 Å². The Kier molecular flexibility index (Phi) is 6.75. The molecule has 0 bridgehead atoms. The van der Waals surface area contributed by atoms with Crippen molar-refractivity contribution in [1.82, 2.24) is 24.3 Å². The molecule has 1 atom stereocenters. The average molecular weight is 514 g/mol. The lowest BCUT2D eigenvalue weighted by molar-refractivity contribution is -0.126. The number of hydrogen-bond donors (Lipinski definition) is 2. The highest BCUT2D eigenvalue weighted by Crippen LogP contribution is 2.36. The first kappa shape index (κ1) is 24.3. The van der Waals surface area contributed by atoms with Gasteiger partial charge in [-0.05, 0) is 62.1 Å². The second-order valence-electron chi connectivity index (χ2n) is 8.67. The number of carbonyl (C=O) groups excluding carboxylic acids is 2. The number of nitrogen functional groups attached to an aromatic ring is 1. The Hall–Kier alpha value is -4.42. The molecule has 2 amide bonds. The van der Waals surface area contributed by atoms with Crippen LogP contribution in [0.3, 0.4) is 0 Å². The van der Waals surface area contributed by atoms with E-state index in [1.165, 1.54) is 0 Å². The van der Waals surface area contributed by atoms with Crippen LogP contribution in [0.25, 0.3) is 16.9 Å². The second kappa shape index (κ2) is 10.3. The van der Waals surface area contributed by atoms with E-state index >= 15 is 0 Å². The highest BCUT2D eigenvalue weighted by Gasteiger charge is 2.29. The zero-order valence-corrected chi connectivity index (χ0v) is 20.9. The number of nitrogens with two attached hydrogens (primary N) is 1. The van der Waals surface area contributed by atoms with E-state index in [2.05, 4.69) is 27.1 Å². The van der Waals surface area contributed by atoms with Crippen LogP contribution < -0.4 is 11.1 Å². The topological polar surface area (TPSA) is 119 Å². The van der Waals surface area contributed by atoms with Gasteiger partial charge in [-0.25, -0.2) is 15.0 Å². The summed E-state index contributed by atoms with van der Waals surface area (Å²) in [6.45, 7) is 2.84. The van der Waals surface area contributed by atoms with Crippen molar-refractivity contribution in [2.45, 2.75) is 25.7 Å². The first-order valence-electron chi connectivity index (χ1n) is 11.8. The summed E-state index contributed by atoms with van der Waals surface area (Å²) in [5, 5.41) is 3.09. The molecule has 1 unspecified atom stereocenters. The number of halogens is 1. The molecule has 186 valence electrons. The molecule has 4 heterocycles. The number of amides is 2. The highest BCUT2D eigenvalue weighted by atomic mass is 35.5. The maximum absolute atomic E-state index is 12.7. The molecule has 37 heavy (non-hydrogen) atoms. The number of nitrogens with one attached hydrogen (secondary N) is 1. The monoisotopic (exact) mass is 513 g/mol. The third-order valence-electron chi connectivity index (χ3n) is 6.32. The van der Waals surface area contributed by atoms with Crippen LogP contribution >= 0.6 is 11.6 Å². The number of nitrogens with zero attached hydrogens (tertiary/aromatic N) is 5. The van der Waals surface area contributed by atoms with Gasteiger partial charge in [0.25, 0.3) is 11.8 Å². The zero-order valence-electron chi connectivity index (χ0n) is 20.1. The number of benzene rings is 1. The first-order chi connectivity index (χ1) is 18.0. The van der Waals surface area contributed by atoms with Gasteiger partial charge in [0.1, 0.15) is 11.6 Å². The van der Waals surface area contributed by atoms with E-state index in [0.29, 0.717) is 40.9 Å². The Morgan fingerprint density at radius 3 is 2.78 bits per heavy atom. The molecule has 1 aliphatic rings. The summed E-state index contributed by atoms with van der Waals surface area (Å²) in [7, 11) is 0. The number of anilines is 2. The molecule has 3 N–H and O–H groups in total. The number of hydrogen-bond acceptors (Lipinski definition) is 6. The van der Waals surface area contributed by atoms with Crippen LogP contribution in [0.5, 0.6) is 0 Å². The summed E-state index contributed by atoms with van der Waals surface area (Å²) in [4.78, 5) is 40.2. The van der Waals surface area contributed by atoms with Crippen molar-refractivity contribution in [3.8, 4) is 23.2 Å². The van der Waals surface area contributed by atoms with E-state index in [9.17, 15) is 9.59 Å². The quantitative estimate of drug-likeness (QED) is 0.398. The van der Waals surface area contributed by atoms with E-state index in [4.69, 9.17) is 22.3 Å². The molecule has 4 aromatic rings. The Labute approximate surface area is 218 Å². The fraction of sp³-hybridized carbons (Fsp3) is 0.222. The van der Waals surface area contributed by atoms with Gasteiger partial charge in [-0.1, -0.05) is 23.6 Å². The van der Waals surface area contributed by atoms with Crippen LogP contribution in [0.2, 0.25) is 5.02 Å². The van der Waals surface area contributed by atoms with Crippen molar-refractivity contribution in [2.75, 3.05) is 24.1 Å². The van der Waals surface area contributed by atoms with Gasteiger partial charge in [-0.15, -0.1) is 0 Å². The number of piperidine rings is 1. The highest BCUT2D eigenvalue weighted by molar-refractivity contribution is 6.33. The summed E-state index contributed by atoms with van der Waals surface area (Å²) in [6, 6.07) is 12.1. The molecule has 1 saturated heterocycles. The number of imidazole rings is 1. The van der Waals surface area contributed by atoms with E-state index < -0.39 is 0 Å². The lowest BCUT2D eigenvalue weighted by Gasteiger charge is -2.30. The SMILES string of the molecule is CC#CC(=O)N1CCCC(c2nc(-c3ccc(C(=O)Nc4ccccn4)cc3Cl)n3c(N)nccc23)C1. The van der Waals surface area contributed by atoms with Crippen molar-refractivity contribution < 1.29 is 9.59 Å². The molecule has 0 radical (unpaired) electrons. The Bertz CT molecular complexity index is 1560. The van der Waals surface area contributed by atoms with Gasteiger partial charge in [-0.2, -0.15) is 0 Å². The number of fused-ring (bicyclic) bond motifs is 1. The van der Waals surface area contributed by atoms with Crippen LogP contribution in [0, 0.1) is 11.8 Å². The van der Waals surface area contributed by atoms with E-state index in [0.717, 1.165) is 24.1 Å². The standard InChI is InChI=1S/C27H24ClN7O2/c1-2-6-23(36)34-14-5-7-18(16-34)24-21-11-13-31-27(29)35(21)25(33-24)19-10-9-17(15-20(19)28)26(37)32-22-8-3-4-12-30-22/h3-4,8-13,15,18H,5,7,14,16H2,1H3,(H2,29,31)(H,30,32,37). The predicted molar refractivity (Wildman–Crippen MR) is 142 cm³/mol. The summed E-state index contributed by atoms with van der Waals surface area (Å²) in [5.74, 6) is 6.04. The molecule has 0 aliphatic carbocycles. The third-order valence-corrected chi connectivity index (χ3v) is 6.63. The van der Waals surface area contributed by atoms with Crippen LogP contribution in [0.4, 0.5) is 11.8 Å². The largest absolute Gasteiger partial charge is 0.369 e. The van der Waals surface area contributed by atoms with Crippen LogP contribution in [-0.4, -0.2) is 49.2 Å². The van der Waals surface area contributed by atoms with Gasteiger partial charge in [0, 0.05) is 42.5 Å². The molecule has 1 fully saturated rings. The summed E-state index contributed by atoms with van der Waals surface area (Å²) in [5.41, 5.74) is 8.89. The first-order valence-corrected chi connectivity index (χ1v) is 12.2. The number of likely N-dealkylation sites (tertiary alicyclic amines) is 1. The predicted octanol–water partition coefficient (Wildman–Crippen LogP) is 4.01. The van der Waals surface area contributed by atoms with Gasteiger partial charge in [0.15, 0.2) is 0 Å². The van der Waals surface area contributed by atoms with Gasteiger partial charge >= 0.3 is 0 Å². The minimum atomic E-state index is -0.330. The number of aromatic nitrogens is 4. The molecule has 3 aromatic heterocycles. The Balaban J connectivity index is 1.51. The molecule has 5 rings (SSSR count). The minimum Gasteiger partial charge on any atom is -0.369 e. The van der Waals surface area contributed by atoms with Gasteiger partial charge in [-0.3, -0.25) is 14.0 Å². The summed E-state index contributed by atoms with van der Waals surface area (Å²) < 4.78 is 1.76. The number of carbonyl (C=O) groups is 2. The van der Waals surface area contributed by atoms with Crippen molar-refractivity contribution in [2.24, 2.45) is 0 Å². The van der Waals surface area contributed by atoms with Crippen molar-refractivity contribution in [3.05, 3.63) is 71.1 Å². The fourth-order valence-electron chi connectivity index (χ4n) is 4.60. The molecular weight excluding hydrogens is 490 g/mol. The number of pyridine rings is 1. The Morgan fingerprint density at radius 2 is 2.03 bits per heavy atom. The van der Waals surface area contributed by atoms with Crippen LogP contribution in [0.1, 0.15) is 41.7 Å². The van der Waals surface area contributed by atoms with Crippen LogP contribution in [0.15, 0.2) is 54.9 Å². The molecule has 9 nitrogen and oxygen atoms in total. The van der Waals surface area contributed by atoms with E-state index in [-0.39, 0.29) is 23.7 Å². The summed E-state index contributed by atoms with van der Waals surface area (Å²) >= 11 is 6.68. The molecule has 1 aromatic carbocycles. The minimum absolute atomic E-state index is 0.00380. The smallest absolute Gasteiger partial charge is 0.298 e. The average Bonchev–Trinajstić information content (AvgIpc) is 3.30. The molecule has 0 saturated carbocycles. The normalized spacial score (nSPS) is 15.2. The van der Waals surface area contributed by atoms with E-state index in [1.54, 1.807) is 65.0 Å². The maximum atomic E-state index is 12.7. The molecule has 0 spiro atoms. The van der Waals surface area contributed by atoms with Gasteiger partial charge < -0.3 is 16.0 Å². The molecule has 1 aliphatic heterocycles. The van der Waals surface area contributed by atoms with Crippen LogP contribution in [-0.2, 0) is 4.79 Å². The zero-order chi connectivity index (χ0) is 25.9. The Morgan fingerprint density at radius 1 is 1.16 bits per heavy atom. The van der Waals surface area contributed by atoms with Crippen molar-refractivity contribution >= 4 is 40.7 Å². The molecule has 10 heteroatoms. The van der Waals surface area contributed by atoms with E-state index in [1.807, 2.05) is 6.07 Å². The molecular formula is C27H24ClN7O2.